The average Bonchev–Trinajstić information content (AvgIpc) is 2.47. The van der Waals surface area contributed by atoms with Crippen LogP contribution in [0.3, 0.4) is 0 Å². The van der Waals surface area contributed by atoms with Crippen molar-refractivity contribution >= 4 is 18.3 Å². The third-order valence-electron chi connectivity index (χ3n) is 2.31. The van der Waals surface area contributed by atoms with E-state index in [9.17, 15) is 0 Å². The zero-order valence-corrected chi connectivity index (χ0v) is 6.80. The SMILES string of the molecule is CCC1=CBc2ccccc21. The third kappa shape index (κ3) is 1.01. The summed E-state index contributed by atoms with van der Waals surface area (Å²) < 4.78 is 0. The molecule has 1 aliphatic heterocycles. The molecule has 0 amide bonds. The summed E-state index contributed by atoms with van der Waals surface area (Å²) in [5.74, 6) is 2.34. The van der Waals surface area contributed by atoms with Crippen molar-refractivity contribution in [2.75, 3.05) is 0 Å². The first-order valence-corrected chi connectivity index (χ1v) is 4.19. The second kappa shape index (κ2) is 2.57. The Bertz CT molecular complexity index is 299. The summed E-state index contributed by atoms with van der Waals surface area (Å²) in [6.45, 7) is 2.22. The first kappa shape index (κ1) is 6.72. The Morgan fingerprint density at radius 2 is 2.09 bits per heavy atom. The summed E-state index contributed by atoms with van der Waals surface area (Å²) in [7, 11) is 1.14. The molecule has 2 rings (SSSR count). The Labute approximate surface area is 68.2 Å². The molecule has 54 valence electrons. The van der Waals surface area contributed by atoms with Crippen molar-refractivity contribution in [2.45, 2.75) is 13.3 Å². The molecule has 0 aliphatic carbocycles. The highest BCUT2D eigenvalue weighted by atomic mass is 14.1. The molecule has 11 heavy (non-hydrogen) atoms. The molecular formula is C10H11B. The average molecular weight is 142 g/mol. The maximum Gasteiger partial charge on any atom is 0.184 e. The lowest BCUT2D eigenvalue weighted by atomic mass is 9.73. The highest BCUT2D eigenvalue weighted by molar-refractivity contribution is 6.63. The molecule has 0 unspecified atom stereocenters. The molecule has 0 saturated heterocycles. The lowest BCUT2D eigenvalue weighted by Crippen LogP contribution is -2.09. The molecular weight excluding hydrogens is 131 g/mol. The van der Waals surface area contributed by atoms with Crippen LogP contribution in [0.4, 0.5) is 0 Å². The van der Waals surface area contributed by atoms with Crippen molar-refractivity contribution in [1.82, 2.24) is 0 Å². The molecule has 0 spiro atoms. The van der Waals surface area contributed by atoms with Crippen LogP contribution in [-0.2, 0) is 0 Å². The Morgan fingerprint density at radius 1 is 1.27 bits per heavy atom. The Morgan fingerprint density at radius 3 is 2.91 bits per heavy atom. The van der Waals surface area contributed by atoms with E-state index in [-0.39, 0.29) is 0 Å². The van der Waals surface area contributed by atoms with E-state index in [1.807, 2.05) is 0 Å². The van der Waals surface area contributed by atoms with Crippen molar-refractivity contribution in [1.29, 1.82) is 0 Å². The van der Waals surface area contributed by atoms with E-state index in [2.05, 4.69) is 37.2 Å². The van der Waals surface area contributed by atoms with Crippen LogP contribution in [-0.4, -0.2) is 7.28 Å². The van der Waals surface area contributed by atoms with Gasteiger partial charge in [-0.2, -0.15) is 0 Å². The fourth-order valence-corrected chi connectivity index (χ4v) is 1.69. The monoisotopic (exact) mass is 142 g/mol. The van der Waals surface area contributed by atoms with E-state index in [0.29, 0.717) is 0 Å². The van der Waals surface area contributed by atoms with Gasteiger partial charge in [-0.25, -0.2) is 0 Å². The number of hydrogen-bond acceptors (Lipinski definition) is 0. The normalized spacial score (nSPS) is 13.7. The van der Waals surface area contributed by atoms with Crippen molar-refractivity contribution < 1.29 is 0 Å². The topological polar surface area (TPSA) is 0 Å². The molecule has 0 N–H and O–H groups in total. The summed E-state index contributed by atoms with van der Waals surface area (Å²) in [5.41, 5.74) is 4.47. The van der Waals surface area contributed by atoms with Gasteiger partial charge in [0.15, 0.2) is 7.28 Å². The molecule has 0 bridgehead atoms. The van der Waals surface area contributed by atoms with Gasteiger partial charge in [0, 0.05) is 0 Å². The van der Waals surface area contributed by atoms with Crippen LogP contribution in [0.5, 0.6) is 0 Å². The Kier molecular flexibility index (Phi) is 1.57. The molecule has 0 nitrogen and oxygen atoms in total. The van der Waals surface area contributed by atoms with Gasteiger partial charge >= 0.3 is 0 Å². The van der Waals surface area contributed by atoms with E-state index in [1.165, 1.54) is 16.6 Å². The lowest BCUT2D eigenvalue weighted by Gasteiger charge is -2.01. The molecule has 0 fully saturated rings. The van der Waals surface area contributed by atoms with Crippen LogP contribution >= 0.6 is 0 Å². The number of fused-ring (bicyclic) bond motifs is 1. The van der Waals surface area contributed by atoms with E-state index in [1.54, 1.807) is 0 Å². The predicted octanol–water partition coefficient (Wildman–Crippen LogP) is 1.51. The van der Waals surface area contributed by atoms with Gasteiger partial charge in [-0.05, 0) is 12.0 Å². The Balaban J connectivity index is 2.48. The van der Waals surface area contributed by atoms with E-state index in [0.717, 1.165) is 13.7 Å². The zero-order valence-electron chi connectivity index (χ0n) is 6.80. The highest BCUT2D eigenvalue weighted by Gasteiger charge is 2.11. The van der Waals surface area contributed by atoms with Gasteiger partial charge in [0.05, 0.1) is 0 Å². The summed E-state index contributed by atoms with van der Waals surface area (Å²) in [6.07, 6.45) is 1.16. The molecule has 0 aromatic heterocycles. The van der Waals surface area contributed by atoms with Crippen LogP contribution in [0.15, 0.2) is 30.2 Å². The second-order valence-corrected chi connectivity index (χ2v) is 2.94. The number of benzene rings is 1. The Hall–Kier alpha value is -0.975. The van der Waals surface area contributed by atoms with Gasteiger partial charge in [0.2, 0.25) is 0 Å². The first-order valence-electron chi connectivity index (χ1n) is 4.19. The number of rotatable bonds is 1. The predicted molar refractivity (Wildman–Crippen MR) is 51.5 cm³/mol. The standard InChI is InChI=1S/C10H11B/c1-2-8-7-11-10-6-4-3-5-9(8)10/h3-7,11H,2H2,1H3. The smallest absolute Gasteiger partial charge is 0.110 e. The lowest BCUT2D eigenvalue weighted by molar-refractivity contribution is 1.25. The largest absolute Gasteiger partial charge is 0.184 e. The summed E-state index contributed by atoms with van der Waals surface area (Å²) in [4.78, 5) is 0. The van der Waals surface area contributed by atoms with Gasteiger partial charge in [-0.15, -0.1) is 5.98 Å². The molecule has 0 saturated carbocycles. The first-order chi connectivity index (χ1) is 5.42. The molecule has 1 heteroatoms. The van der Waals surface area contributed by atoms with Crippen LogP contribution < -0.4 is 5.46 Å². The second-order valence-electron chi connectivity index (χ2n) is 2.94. The van der Waals surface area contributed by atoms with E-state index in [4.69, 9.17) is 0 Å². The van der Waals surface area contributed by atoms with Crippen molar-refractivity contribution in [2.24, 2.45) is 0 Å². The van der Waals surface area contributed by atoms with Crippen LogP contribution in [0, 0.1) is 0 Å². The number of allylic oxidation sites excluding steroid dienone is 1. The zero-order chi connectivity index (χ0) is 7.68. The minimum Gasteiger partial charge on any atom is -0.110 e. The highest BCUT2D eigenvalue weighted by Crippen LogP contribution is 2.19. The summed E-state index contributed by atoms with van der Waals surface area (Å²) in [5, 5.41) is 0. The van der Waals surface area contributed by atoms with Crippen molar-refractivity contribution in [3.8, 4) is 0 Å². The minimum absolute atomic E-state index is 1.14. The van der Waals surface area contributed by atoms with Gasteiger partial charge < -0.3 is 0 Å². The van der Waals surface area contributed by atoms with E-state index >= 15 is 0 Å². The maximum atomic E-state index is 2.34. The van der Waals surface area contributed by atoms with Gasteiger partial charge in [-0.1, -0.05) is 42.2 Å². The van der Waals surface area contributed by atoms with Crippen molar-refractivity contribution in [3.63, 3.8) is 0 Å². The van der Waals surface area contributed by atoms with Crippen molar-refractivity contribution in [3.05, 3.63) is 35.8 Å². The van der Waals surface area contributed by atoms with E-state index < -0.39 is 0 Å². The van der Waals surface area contributed by atoms with Gasteiger partial charge in [0.1, 0.15) is 0 Å². The van der Waals surface area contributed by atoms with Crippen LogP contribution in [0.1, 0.15) is 18.9 Å². The number of hydrogen-bond donors (Lipinski definition) is 0. The minimum atomic E-state index is 1.14. The van der Waals surface area contributed by atoms with Crippen LogP contribution in [0.25, 0.3) is 5.57 Å². The maximum absolute atomic E-state index is 2.34. The molecule has 1 aromatic rings. The fourth-order valence-electron chi connectivity index (χ4n) is 1.69. The summed E-state index contributed by atoms with van der Waals surface area (Å²) in [6, 6.07) is 8.67. The molecule has 0 radical (unpaired) electrons. The molecule has 1 aliphatic rings. The quantitative estimate of drug-likeness (QED) is 0.521. The van der Waals surface area contributed by atoms with Gasteiger partial charge in [0.25, 0.3) is 0 Å². The summed E-state index contributed by atoms with van der Waals surface area (Å²) >= 11 is 0. The molecule has 1 heterocycles. The van der Waals surface area contributed by atoms with Crippen LogP contribution in [0.2, 0.25) is 0 Å². The fraction of sp³-hybridized carbons (Fsp3) is 0.200. The molecule has 1 aromatic carbocycles. The van der Waals surface area contributed by atoms with Gasteiger partial charge in [-0.3, -0.25) is 0 Å². The molecule has 0 atom stereocenters. The third-order valence-corrected chi connectivity index (χ3v) is 2.31.